The van der Waals surface area contributed by atoms with Crippen LogP contribution in [0.1, 0.15) is 68.3 Å². The van der Waals surface area contributed by atoms with Crippen molar-refractivity contribution in [1.29, 1.82) is 0 Å². The number of pyridine rings is 1. The Morgan fingerprint density at radius 1 is 1.31 bits per heavy atom. The molecule has 1 aromatic heterocycles. The summed E-state index contributed by atoms with van der Waals surface area (Å²) >= 11 is 0. The quantitative estimate of drug-likeness (QED) is 0.747. The number of nitrogens with zero attached hydrogens (tertiary/aromatic N) is 1. The Bertz CT molecular complexity index is 832. The summed E-state index contributed by atoms with van der Waals surface area (Å²) in [5.74, 6) is 0.481. The number of hydrogen-bond donors (Lipinski definition) is 2. The van der Waals surface area contributed by atoms with Crippen molar-refractivity contribution < 1.29 is 14.6 Å². The molecule has 0 amide bonds. The van der Waals surface area contributed by atoms with Gasteiger partial charge in [0, 0.05) is 23.8 Å². The largest absolute Gasteiger partial charge is 0.458 e. The SMILES string of the molecule is CC[C@@]1(O)C(=O)OCc2c1cc1n(c2=O)CC2CC3CCCCC3NC12. The van der Waals surface area contributed by atoms with Crippen LogP contribution >= 0.6 is 0 Å². The summed E-state index contributed by atoms with van der Waals surface area (Å²) in [4.78, 5) is 25.3. The van der Waals surface area contributed by atoms with Crippen molar-refractivity contribution >= 4 is 5.97 Å². The molecule has 6 heteroatoms. The van der Waals surface area contributed by atoms with Crippen LogP contribution < -0.4 is 10.9 Å². The molecular formula is C20H26N2O4. The van der Waals surface area contributed by atoms with E-state index in [9.17, 15) is 14.7 Å². The summed E-state index contributed by atoms with van der Waals surface area (Å²) in [5, 5.41) is 14.7. The van der Waals surface area contributed by atoms with Gasteiger partial charge in [0.15, 0.2) is 5.60 Å². The van der Waals surface area contributed by atoms with Crippen molar-refractivity contribution in [1.82, 2.24) is 9.88 Å². The van der Waals surface area contributed by atoms with Gasteiger partial charge in [-0.3, -0.25) is 4.79 Å². The van der Waals surface area contributed by atoms with E-state index in [1.54, 1.807) is 6.92 Å². The molecular weight excluding hydrogens is 332 g/mol. The molecule has 6 nitrogen and oxygen atoms in total. The van der Waals surface area contributed by atoms with E-state index in [1.807, 2.05) is 10.6 Å². The van der Waals surface area contributed by atoms with Crippen LogP contribution in [0.3, 0.4) is 0 Å². The summed E-state index contributed by atoms with van der Waals surface area (Å²) in [6.07, 6.45) is 6.42. The molecule has 0 bridgehead atoms. The lowest BCUT2D eigenvalue weighted by Crippen LogP contribution is -2.48. The lowest BCUT2D eigenvalue weighted by molar-refractivity contribution is -0.172. The molecule has 0 spiro atoms. The van der Waals surface area contributed by atoms with Gasteiger partial charge in [0.05, 0.1) is 11.6 Å². The van der Waals surface area contributed by atoms with Crippen molar-refractivity contribution in [2.24, 2.45) is 11.8 Å². The maximum atomic E-state index is 13.1. The average molecular weight is 358 g/mol. The van der Waals surface area contributed by atoms with Crippen LogP contribution in [-0.2, 0) is 28.3 Å². The van der Waals surface area contributed by atoms with Crippen LogP contribution in [0.15, 0.2) is 10.9 Å². The van der Waals surface area contributed by atoms with Crippen LogP contribution in [0.4, 0.5) is 0 Å². The van der Waals surface area contributed by atoms with E-state index < -0.39 is 11.6 Å². The first-order chi connectivity index (χ1) is 12.5. The predicted octanol–water partition coefficient (Wildman–Crippen LogP) is 1.73. The number of carbonyl (C=O) groups is 1. The maximum Gasteiger partial charge on any atom is 0.343 e. The molecule has 1 saturated heterocycles. The standard InChI is InChI=1S/C20H26N2O4/c1-2-20(25)14-8-16-17-12(7-11-5-3-4-6-15(11)21-17)9-22(16)18(23)13(14)10-26-19(20)24/h8,11-12,15,17,21,25H,2-7,9-10H2,1H3/t11?,12?,15?,17?,20-/m0/s1. The van der Waals surface area contributed by atoms with Crippen molar-refractivity contribution in [2.45, 2.75) is 76.3 Å². The Morgan fingerprint density at radius 2 is 2.12 bits per heavy atom. The first kappa shape index (κ1) is 16.5. The lowest BCUT2D eigenvalue weighted by Gasteiger charge is -2.42. The fourth-order valence-electron chi connectivity index (χ4n) is 5.71. The van der Waals surface area contributed by atoms with Crippen molar-refractivity contribution in [2.75, 3.05) is 0 Å². The highest BCUT2D eigenvalue weighted by Crippen LogP contribution is 2.45. The maximum absolute atomic E-state index is 13.1. The monoisotopic (exact) mass is 358 g/mol. The molecule has 5 atom stereocenters. The van der Waals surface area contributed by atoms with Crippen molar-refractivity contribution in [3.05, 3.63) is 33.2 Å². The van der Waals surface area contributed by atoms with E-state index in [0.29, 0.717) is 29.0 Å². The van der Waals surface area contributed by atoms with E-state index in [2.05, 4.69) is 5.32 Å². The second-order valence-corrected chi connectivity index (χ2v) is 8.46. The van der Waals surface area contributed by atoms with Crippen LogP contribution in [0.25, 0.3) is 0 Å². The topological polar surface area (TPSA) is 80.6 Å². The van der Waals surface area contributed by atoms with Crippen molar-refractivity contribution in [3.8, 4) is 0 Å². The summed E-state index contributed by atoms with van der Waals surface area (Å²) in [7, 11) is 0. The number of rotatable bonds is 1. The molecule has 0 radical (unpaired) electrons. The van der Waals surface area contributed by atoms with Crippen molar-refractivity contribution in [3.63, 3.8) is 0 Å². The molecule has 1 aliphatic carbocycles. The van der Waals surface area contributed by atoms with Gasteiger partial charge >= 0.3 is 5.97 Å². The molecule has 4 unspecified atom stereocenters. The minimum absolute atomic E-state index is 0.0381. The van der Waals surface area contributed by atoms with Gasteiger partial charge in [-0.1, -0.05) is 19.8 Å². The van der Waals surface area contributed by atoms with E-state index >= 15 is 0 Å². The van der Waals surface area contributed by atoms with Crippen LogP contribution in [-0.4, -0.2) is 21.7 Å². The molecule has 2 N–H and O–H groups in total. The summed E-state index contributed by atoms with van der Waals surface area (Å²) in [6, 6.07) is 2.57. The first-order valence-electron chi connectivity index (χ1n) is 9.95. The number of piperidine rings is 1. The van der Waals surface area contributed by atoms with Crippen LogP contribution in [0, 0.1) is 11.8 Å². The second kappa shape index (κ2) is 5.67. The normalized spacial score (nSPS) is 38.0. The van der Waals surface area contributed by atoms with Gasteiger partial charge in [-0.05, 0) is 43.6 Å². The summed E-state index contributed by atoms with van der Waals surface area (Å²) in [6.45, 7) is 2.43. The number of cyclic esters (lactones) is 1. The molecule has 1 saturated carbocycles. The summed E-state index contributed by atoms with van der Waals surface area (Å²) < 4.78 is 6.98. The lowest BCUT2D eigenvalue weighted by atomic mass is 9.73. The van der Waals surface area contributed by atoms with Crippen LogP contribution in [0.2, 0.25) is 0 Å². The minimum atomic E-state index is -1.71. The molecule has 2 fully saturated rings. The molecule has 4 aliphatic rings. The fraction of sp³-hybridized carbons (Fsp3) is 0.700. The molecule has 3 aliphatic heterocycles. The third kappa shape index (κ3) is 2.12. The zero-order chi connectivity index (χ0) is 18.1. The average Bonchev–Trinajstić information content (AvgIpc) is 3.01. The number of carbonyl (C=O) groups excluding carboxylic acids is 1. The zero-order valence-electron chi connectivity index (χ0n) is 15.2. The van der Waals surface area contributed by atoms with Gasteiger partial charge in [0.2, 0.25) is 0 Å². The van der Waals surface area contributed by atoms with E-state index in [4.69, 9.17) is 4.74 Å². The fourth-order valence-corrected chi connectivity index (χ4v) is 5.71. The Balaban J connectivity index is 1.60. The van der Waals surface area contributed by atoms with Gasteiger partial charge in [-0.25, -0.2) is 4.79 Å². The molecule has 5 rings (SSSR count). The molecule has 1 aromatic rings. The molecule has 0 aromatic carbocycles. The highest BCUT2D eigenvalue weighted by molar-refractivity contribution is 5.83. The Kier molecular flexibility index (Phi) is 3.60. The third-order valence-electron chi connectivity index (χ3n) is 7.19. The van der Waals surface area contributed by atoms with E-state index in [1.165, 1.54) is 25.7 Å². The zero-order valence-corrected chi connectivity index (χ0v) is 15.2. The van der Waals surface area contributed by atoms with E-state index in [-0.39, 0.29) is 24.6 Å². The van der Waals surface area contributed by atoms with Gasteiger partial charge < -0.3 is 19.7 Å². The molecule has 140 valence electrons. The highest BCUT2D eigenvalue weighted by Gasteiger charge is 2.48. The van der Waals surface area contributed by atoms with Gasteiger partial charge in [0.1, 0.15) is 6.61 Å². The van der Waals surface area contributed by atoms with Crippen LogP contribution in [0.5, 0.6) is 0 Å². The summed E-state index contributed by atoms with van der Waals surface area (Å²) in [5.41, 5.74) is 0.0255. The number of hydrogen-bond acceptors (Lipinski definition) is 5. The molecule has 26 heavy (non-hydrogen) atoms. The number of aromatic nitrogens is 1. The third-order valence-corrected chi connectivity index (χ3v) is 7.19. The number of esters is 1. The Hall–Kier alpha value is -1.66. The van der Waals surface area contributed by atoms with Gasteiger partial charge in [-0.15, -0.1) is 0 Å². The first-order valence-corrected chi connectivity index (χ1v) is 9.95. The Morgan fingerprint density at radius 3 is 2.92 bits per heavy atom. The number of ether oxygens (including phenoxy) is 1. The predicted molar refractivity (Wildman–Crippen MR) is 94.4 cm³/mol. The highest BCUT2D eigenvalue weighted by atomic mass is 16.6. The molecule has 4 heterocycles. The number of aliphatic hydroxyl groups is 1. The second-order valence-electron chi connectivity index (χ2n) is 8.46. The number of nitrogens with one attached hydrogen (secondary N) is 1. The van der Waals surface area contributed by atoms with E-state index in [0.717, 1.165) is 18.7 Å². The Labute approximate surface area is 152 Å². The van der Waals surface area contributed by atoms with Gasteiger partial charge in [-0.2, -0.15) is 0 Å². The van der Waals surface area contributed by atoms with Gasteiger partial charge in [0.25, 0.3) is 5.56 Å². The number of fused-ring (bicyclic) bond motifs is 5. The smallest absolute Gasteiger partial charge is 0.343 e. The minimum Gasteiger partial charge on any atom is -0.458 e.